The summed E-state index contributed by atoms with van der Waals surface area (Å²) in [6, 6.07) is 6.33. The van der Waals surface area contributed by atoms with E-state index in [9.17, 15) is 14.0 Å². The van der Waals surface area contributed by atoms with Crippen LogP contribution in [0.25, 0.3) is 0 Å². The molecule has 1 aromatic carbocycles. The molecule has 4 nitrogen and oxygen atoms in total. The number of hydrogen-bond acceptors (Lipinski definition) is 3. The van der Waals surface area contributed by atoms with Crippen molar-refractivity contribution in [3.8, 4) is 0 Å². The highest BCUT2D eigenvalue weighted by Gasteiger charge is 2.33. The van der Waals surface area contributed by atoms with Gasteiger partial charge in [0.1, 0.15) is 5.82 Å². The summed E-state index contributed by atoms with van der Waals surface area (Å²) in [6.07, 6.45) is 0.382. The maximum atomic E-state index is 13.7. The maximum absolute atomic E-state index is 13.7. The van der Waals surface area contributed by atoms with Crippen molar-refractivity contribution in [3.63, 3.8) is 0 Å². The first-order chi connectivity index (χ1) is 9.13. The minimum absolute atomic E-state index is 0.191. The molecule has 0 aliphatic carbocycles. The number of piperidine rings is 1. The van der Waals surface area contributed by atoms with Crippen LogP contribution in [0.15, 0.2) is 24.3 Å². The Morgan fingerprint density at radius 1 is 1.26 bits per heavy atom. The molecule has 0 radical (unpaired) electrons. The lowest BCUT2D eigenvalue weighted by Gasteiger charge is -2.30. The highest BCUT2D eigenvalue weighted by molar-refractivity contribution is 5.98. The van der Waals surface area contributed by atoms with Crippen LogP contribution >= 0.6 is 0 Å². The molecular weight excluding hydrogens is 247 g/mol. The average Bonchev–Trinajstić information content (AvgIpc) is 2.38. The molecule has 102 valence electrons. The van der Waals surface area contributed by atoms with E-state index in [1.54, 1.807) is 25.2 Å². The lowest BCUT2D eigenvalue weighted by atomic mass is 9.88. The highest BCUT2D eigenvalue weighted by atomic mass is 19.1. The smallest absolute Gasteiger partial charge is 0.229 e. The van der Waals surface area contributed by atoms with Gasteiger partial charge in [0.25, 0.3) is 0 Å². The first kappa shape index (κ1) is 13.7. The van der Waals surface area contributed by atoms with Crippen LogP contribution < -0.4 is 5.32 Å². The van der Waals surface area contributed by atoms with Crippen LogP contribution in [0.3, 0.4) is 0 Å². The molecular formula is C14H17FN2O2. The molecule has 19 heavy (non-hydrogen) atoms. The summed E-state index contributed by atoms with van der Waals surface area (Å²) in [6.45, 7) is 0.944. The predicted molar refractivity (Wildman–Crippen MR) is 69.0 cm³/mol. The van der Waals surface area contributed by atoms with Crippen LogP contribution in [0.2, 0.25) is 0 Å². The zero-order chi connectivity index (χ0) is 13.8. The number of likely N-dealkylation sites (tertiary alicyclic amines) is 1. The van der Waals surface area contributed by atoms with E-state index >= 15 is 0 Å². The topological polar surface area (TPSA) is 49.4 Å². The van der Waals surface area contributed by atoms with Gasteiger partial charge in [-0.2, -0.15) is 0 Å². The van der Waals surface area contributed by atoms with Gasteiger partial charge in [0.2, 0.25) is 11.8 Å². The molecule has 0 saturated carbocycles. The normalized spacial score (nSPS) is 17.1. The molecule has 1 saturated heterocycles. The number of likely N-dealkylation sites (N-methyl/N-ethyl adjacent to an activating group) is 1. The van der Waals surface area contributed by atoms with E-state index in [0.29, 0.717) is 18.7 Å². The zero-order valence-corrected chi connectivity index (χ0v) is 10.9. The monoisotopic (exact) mass is 264 g/mol. The largest absolute Gasteiger partial charge is 0.318 e. The summed E-state index contributed by atoms with van der Waals surface area (Å²) in [5.41, 5.74) is 0.456. The molecule has 0 bridgehead atoms. The van der Waals surface area contributed by atoms with Gasteiger partial charge in [-0.1, -0.05) is 18.2 Å². The van der Waals surface area contributed by atoms with Crippen molar-refractivity contribution in [2.75, 3.05) is 20.1 Å². The molecule has 1 aromatic rings. The van der Waals surface area contributed by atoms with E-state index in [1.165, 1.54) is 11.0 Å². The molecule has 2 rings (SSSR count). The van der Waals surface area contributed by atoms with Crippen LogP contribution in [0.5, 0.6) is 0 Å². The summed E-state index contributed by atoms with van der Waals surface area (Å²) in [4.78, 5) is 25.2. The Labute approximate surface area is 111 Å². The Morgan fingerprint density at radius 3 is 2.47 bits per heavy atom. The standard InChI is InChI=1S/C14H17FN2O2/c1-16-6-7-17-13(18)8-10(9-14(17)19)11-4-2-3-5-12(11)15/h2-5,10,16H,6-9H2,1H3. The fourth-order valence-corrected chi connectivity index (χ4v) is 2.35. The lowest BCUT2D eigenvalue weighted by Crippen LogP contribution is -2.45. The molecule has 2 amide bonds. The molecule has 1 fully saturated rings. The van der Waals surface area contributed by atoms with Crippen molar-refractivity contribution in [1.29, 1.82) is 0 Å². The van der Waals surface area contributed by atoms with Crippen molar-refractivity contribution >= 4 is 11.8 Å². The number of benzene rings is 1. The Bertz CT molecular complexity index is 472. The van der Waals surface area contributed by atoms with Gasteiger partial charge in [-0.25, -0.2) is 4.39 Å². The molecule has 1 aliphatic rings. The van der Waals surface area contributed by atoms with Gasteiger partial charge in [-0.3, -0.25) is 14.5 Å². The van der Waals surface area contributed by atoms with Gasteiger partial charge in [-0.15, -0.1) is 0 Å². The molecule has 0 aromatic heterocycles. The van der Waals surface area contributed by atoms with Crippen LogP contribution in [0, 0.1) is 5.82 Å². The first-order valence-corrected chi connectivity index (χ1v) is 6.35. The van der Waals surface area contributed by atoms with E-state index in [0.717, 1.165) is 0 Å². The Hall–Kier alpha value is -1.75. The lowest BCUT2D eigenvalue weighted by molar-refractivity contribution is -0.148. The number of imide groups is 1. The molecule has 1 heterocycles. The highest BCUT2D eigenvalue weighted by Crippen LogP contribution is 2.30. The van der Waals surface area contributed by atoms with Gasteiger partial charge in [0, 0.05) is 31.8 Å². The van der Waals surface area contributed by atoms with Gasteiger partial charge in [-0.05, 0) is 18.7 Å². The SMILES string of the molecule is CNCCN1C(=O)CC(c2ccccc2F)CC1=O. The third-order valence-corrected chi connectivity index (χ3v) is 3.37. The number of carbonyl (C=O) groups is 2. The summed E-state index contributed by atoms with van der Waals surface area (Å²) in [5.74, 6) is -1.14. The van der Waals surface area contributed by atoms with Crippen LogP contribution in [-0.2, 0) is 9.59 Å². The quantitative estimate of drug-likeness (QED) is 0.833. The minimum Gasteiger partial charge on any atom is -0.318 e. The third kappa shape index (κ3) is 2.98. The molecule has 0 spiro atoms. The van der Waals surface area contributed by atoms with E-state index in [2.05, 4.69) is 5.32 Å². The number of nitrogens with zero attached hydrogens (tertiary/aromatic N) is 1. The van der Waals surface area contributed by atoms with Crippen molar-refractivity contribution in [1.82, 2.24) is 10.2 Å². The van der Waals surface area contributed by atoms with E-state index < -0.39 is 0 Å². The van der Waals surface area contributed by atoms with Crippen molar-refractivity contribution in [2.24, 2.45) is 0 Å². The first-order valence-electron chi connectivity index (χ1n) is 6.35. The second-order valence-corrected chi connectivity index (χ2v) is 4.67. The number of hydrogen-bond donors (Lipinski definition) is 1. The minimum atomic E-state index is -0.350. The maximum Gasteiger partial charge on any atom is 0.229 e. The second-order valence-electron chi connectivity index (χ2n) is 4.67. The molecule has 5 heteroatoms. The number of carbonyl (C=O) groups excluding carboxylic acids is 2. The number of amides is 2. The summed E-state index contributed by atoms with van der Waals surface area (Å²) < 4.78 is 13.7. The fraction of sp³-hybridized carbons (Fsp3) is 0.429. The van der Waals surface area contributed by atoms with Gasteiger partial charge >= 0.3 is 0 Å². The molecule has 0 atom stereocenters. The Kier molecular flexibility index (Phi) is 4.27. The van der Waals surface area contributed by atoms with E-state index in [1.807, 2.05) is 0 Å². The Balaban J connectivity index is 2.11. The second kappa shape index (κ2) is 5.93. The Morgan fingerprint density at radius 2 is 1.89 bits per heavy atom. The van der Waals surface area contributed by atoms with Crippen molar-refractivity contribution in [3.05, 3.63) is 35.6 Å². The number of nitrogens with one attached hydrogen (secondary N) is 1. The van der Waals surface area contributed by atoms with Gasteiger partial charge in [0.05, 0.1) is 0 Å². The summed E-state index contributed by atoms with van der Waals surface area (Å²) >= 11 is 0. The number of rotatable bonds is 4. The summed E-state index contributed by atoms with van der Waals surface area (Å²) in [5, 5.41) is 2.90. The van der Waals surface area contributed by atoms with Gasteiger partial charge < -0.3 is 5.32 Å². The predicted octanol–water partition coefficient (Wildman–Crippen LogP) is 1.28. The third-order valence-electron chi connectivity index (χ3n) is 3.37. The van der Waals surface area contributed by atoms with Crippen LogP contribution in [-0.4, -0.2) is 36.9 Å². The number of halogens is 1. The van der Waals surface area contributed by atoms with Crippen molar-refractivity contribution < 1.29 is 14.0 Å². The summed E-state index contributed by atoms with van der Waals surface area (Å²) in [7, 11) is 1.76. The average molecular weight is 264 g/mol. The zero-order valence-electron chi connectivity index (χ0n) is 10.9. The van der Waals surface area contributed by atoms with E-state index in [4.69, 9.17) is 0 Å². The molecule has 0 unspecified atom stereocenters. The fourth-order valence-electron chi connectivity index (χ4n) is 2.35. The van der Waals surface area contributed by atoms with Crippen LogP contribution in [0.4, 0.5) is 4.39 Å². The van der Waals surface area contributed by atoms with Gasteiger partial charge in [0.15, 0.2) is 0 Å². The molecule has 1 aliphatic heterocycles. The molecule has 1 N–H and O–H groups in total. The van der Waals surface area contributed by atoms with Crippen LogP contribution in [0.1, 0.15) is 24.3 Å². The van der Waals surface area contributed by atoms with Crippen molar-refractivity contribution in [2.45, 2.75) is 18.8 Å². The van der Waals surface area contributed by atoms with E-state index in [-0.39, 0.29) is 36.4 Å².